The van der Waals surface area contributed by atoms with Crippen LogP contribution in [0, 0.1) is 13.8 Å². The molecular weight excluding hydrogens is 404 g/mol. The van der Waals surface area contributed by atoms with E-state index in [4.69, 9.17) is 9.47 Å². The van der Waals surface area contributed by atoms with Gasteiger partial charge < -0.3 is 14.4 Å². The summed E-state index contributed by atoms with van der Waals surface area (Å²) in [4.78, 5) is 4.93. The second-order valence-corrected chi connectivity index (χ2v) is 8.14. The molecule has 3 aromatic rings. The summed E-state index contributed by atoms with van der Waals surface area (Å²) in [5.74, 6) is 1.66. The molecule has 2 aromatic carbocycles. The van der Waals surface area contributed by atoms with Gasteiger partial charge in [0.05, 0.1) is 20.3 Å². The molecule has 0 bridgehead atoms. The van der Waals surface area contributed by atoms with Gasteiger partial charge in [0.1, 0.15) is 11.8 Å². The van der Waals surface area contributed by atoms with Crippen LogP contribution in [-0.2, 0) is 11.3 Å². The molecule has 0 amide bonds. The van der Waals surface area contributed by atoms with E-state index in [9.17, 15) is 0 Å². The second kappa shape index (κ2) is 10.1. The van der Waals surface area contributed by atoms with E-state index in [2.05, 4.69) is 63.4 Å². The lowest BCUT2D eigenvalue weighted by Gasteiger charge is -2.40. The van der Waals surface area contributed by atoms with Crippen molar-refractivity contribution in [2.24, 2.45) is 0 Å². The lowest BCUT2D eigenvalue weighted by molar-refractivity contribution is 0.171. The van der Waals surface area contributed by atoms with Gasteiger partial charge in [0.25, 0.3) is 0 Å². The van der Waals surface area contributed by atoms with Crippen molar-refractivity contribution in [3.8, 4) is 5.75 Å². The van der Waals surface area contributed by atoms with Crippen molar-refractivity contribution in [2.45, 2.75) is 26.4 Å². The summed E-state index contributed by atoms with van der Waals surface area (Å²) in [6.07, 6.45) is 0. The van der Waals surface area contributed by atoms with Gasteiger partial charge in [0, 0.05) is 44.5 Å². The van der Waals surface area contributed by atoms with E-state index in [0.717, 1.165) is 43.3 Å². The van der Waals surface area contributed by atoms with Crippen LogP contribution < -0.4 is 9.64 Å². The van der Waals surface area contributed by atoms with Gasteiger partial charge in [-0.2, -0.15) is 0 Å². The van der Waals surface area contributed by atoms with Gasteiger partial charge in [0.2, 0.25) is 0 Å². The molecule has 0 unspecified atom stereocenters. The first-order valence-corrected chi connectivity index (χ1v) is 11.1. The molecule has 1 fully saturated rings. The third kappa shape index (κ3) is 4.47. The molecule has 4 rings (SSSR count). The maximum Gasteiger partial charge on any atom is 0.173 e. The van der Waals surface area contributed by atoms with Gasteiger partial charge in [-0.15, -0.1) is 5.10 Å². The molecule has 1 saturated heterocycles. The molecule has 0 aliphatic carbocycles. The summed E-state index contributed by atoms with van der Waals surface area (Å²) < 4.78 is 12.8. The minimum Gasteiger partial charge on any atom is -0.496 e. The summed E-state index contributed by atoms with van der Waals surface area (Å²) in [5.41, 5.74) is 5.08. The van der Waals surface area contributed by atoms with E-state index < -0.39 is 0 Å². The summed E-state index contributed by atoms with van der Waals surface area (Å²) in [6, 6.07) is 14.6. The first-order chi connectivity index (χ1) is 15.6. The molecule has 0 radical (unpaired) electrons. The molecule has 0 N–H and O–H groups in total. The fourth-order valence-corrected chi connectivity index (χ4v) is 4.44. The van der Waals surface area contributed by atoms with Crippen LogP contribution in [0.4, 0.5) is 5.69 Å². The molecule has 1 aliphatic heterocycles. The minimum absolute atomic E-state index is 0.0984. The molecule has 0 spiro atoms. The number of aryl methyl sites for hydroxylation is 1. The SMILES string of the molecule is COCCn1nnnc1[C@H](c1ccccc1OC)N1CCN(c2cccc(C)c2C)CC1. The van der Waals surface area contributed by atoms with Gasteiger partial charge >= 0.3 is 0 Å². The van der Waals surface area contributed by atoms with E-state index >= 15 is 0 Å². The number of nitrogens with zero attached hydrogens (tertiary/aromatic N) is 6. The average Bonchev–Trinajstić information content (AvgIpc) is 3.28. The molecule has 2 heterocycles. The second-order valence-electron chi connectivity index (χ2n) is 8.14. The van der Waals surface area contributed by atoms with Crippen molar-refractivity contribution in [2.75, 3.05) is 51.9 Å². The van der Waals surface area contributed by atoms with Crippen molar-refractivity contribution in [3.63, 3.8) is 0 Å². The number of anilines is 1. The number of benzene rings is 2. The van der Waals surface area contributed by atoms with Crippen LogP contribution in [0.5, 0.6) is 5.75 Å². The van der Waals surface area contributed by atoms with E-state index in [1.54, 1.807) is 14.2 Å². The monoisotopic (exact) mass is 436 g/mol. The summed E-state index contributed by atoms with van der Waals surface area (Å²) in [7, 11) is 3.40. The van der Waals surface area contributed by atoms with Crippen LogP contribution in [0.2, 0.25) is 0 Å². The van der Waals surface area contributed by atoms with Gasteiger partial charge in [-0.25, -0.2) is 4.68 Å². The van der Waals surface area contributed by atoms with Gasteiger partial charge in [-0.1, -0.05) is 30.3 Å². The molecule has 1 aliphatic rings. The normalized spacial score (nSPS) is 15.7. The summed E-state index contributed by atoms with van der Waals surface area (Å²) in [6.45, 7) is 9.21. The fourth-order valence-electron chi connectivity index (χ4n) is 4.44. The maximum absolute atomic E-state index is 5.72. The third-order valence-corrected chi connectivity index (χ3v) is 6.34. The first kappa shape index (κ1) is 22.2. The highest BCUT2D eigenvalue weighted by Gasteiger charge is 2.32. The van der Waals surface area contributed by atoms with E-state index in [-0.39, 0.29) is 6.04 Å². The zero-order valence-electron chi connectivity index (χ0n) is 19.4. The summed E-state index contributed by atoms with van der Waals surface area (Å²) >= 11 is 0. The van der Waals surface area contributed by atoms with Crippen molar-refractivity contribution in [3.05, 3.63) is 65.0 Å². The molecule has 1 aromatic heterocycles. The molecule has 32 heavy (non-hydrogen) atoms. The minimum atomic E-state index is -0.0984. The van der Waals surface area contributed by atoms with Crippen LogP contribution in [-0.4, -0.2) is 72.1 Å². The predicted molar refractivity (Wildman–Crippen MR) is 124 cm³/mol. The summed E-state index contributed by atoms with van der Waals surface area (Å²) in [5, 5.41) is 12.7. The first-order valence-electron chi connectivity index (χ1n) is 11.1. The highest BCUT2D eigenvalue weighted by atomic mass is 16.5. The highest BCUT2D eigenvalue weighted by molar-refractivity contribution is 5.56. The Balaban J connectivity index is 1.63. The topological polar surface area (TPSA) is 68.5 Å². The number of methoxy groups -OCH3 is 2. The Morgan fingerprint density at radius 2 is 1.75 bits per heavy atom. The molecule has 1 atom stereocenters. The molecule has 8 nitrogen and oxygen atoms in total. The number of para-hydroxylation sites is 1. The number of ether oxygens (including phenoxy) is 2. The Morgan fingerprint density at radius 3 is 2.50 bits per heavy atom. The lowest BCUT2D eigenvalue weighted by Crippen LogP contribution is -2.48. The zero-order chi connectivity index (χ0) is 22.5. The van der Waals surface area contributed by atoms with E-state index in [0.29, 0.717) is 13.2 Å². The Morgan fingerprint density at radius 1 is 0.969 bits per heavy atom. The van der Waals surface area contributed by atoms with Crippen LogP contribution in [0.1, 0.15) is 28.6 Å². The van der Waals surface area contributed by atoms with Gasteiger partial charge in [0.15, 0.2) is 5.82 Å². The fraction of sp³-hybridized carbons (Fsp3) is 0.458. The zero-order valence-corrected chi connectivity index (χ0v) is 19.4. The van der Waals surface area contributed by atoms with Gasteiger partial charge in [-0.3, -0.25) is 4.90 Å². The molecule has 170 valence electrons. The smallest absolute Gasteiger partial charge is 0.173 e. The van der Waals surface area contributed by atoms with Gasteiger partial charge in [-0.05, 0) is 47.5 Å². The predicted octanol–water partition coefficient (Wildman–Crippen LogP) is 2.86. The van der Waals surface area contributed by atoms with Crippen molar-refractivity contribution in [1.29, 1.82) is 0 Å². The van der Waals surface area contributed by atoms with E-state index in [1.807, 2.05) is 22.9 Å². The standard InChI is InChI=1S/C24H32N6O2/c1-18-8-7-10-21(19(18)2)28-12-14-29(15-13-28)23(20-9-5-6-11-22(20)32-4)24-25-26-27-30(24)16-17-31-3/h5-11,23H,12-17H2,1-4H3/t23-/m0/s1. The number of hydrogen-bond acceptors (Lipinski definition) is 7. The maximum atomic E-state index is 5.72. The Labute approximate surface area is 189 Å². The van der Waals surface area contributed by atoms with Crippen LogP contribution in [0.15, 0.2) is 42.5 Å². The number of piperazine rings is 1. The average molecular weight is 437 g/mol. The number of aromatic nitrogens is 4. The van der Waals surface area contributed by atoms with Crippen molar-refractivity contribution >= 4 is 5.69 Å². The number of tetrazole rings is 1. The van der Waals surface area contributed by atoms with Crippen LogP contribution >= 0.6 is 0 Å². The number of hydrogen-bond donors (Lipinski definition) is 0. The largest absolute Gasteiger partial charge is 0.496 e. The highest BCUT2D eigenvalue weighted by Crippen LogP contribution is 2.35. The lowest BCUT2D eigenvalue weighted by atomic mass is 10.0. The molecule has 0 saturated carbocycles. The molecular formula is C24H32N6O2. The van der Waals surface area contributed by atoms with Crippen molar-refractivity contribution in [1.82, 2.24) is 25.1 Å². The Bertz CT molecular complexity index is 1030. The number of rotatable bonds is 8. The van der Waals surface area contributed by atoms with E-state index in [1.165, 1.54) is 16.8 Å². The Hall–Kier alpha value is -2.97. The quantitative estimate of drug-likeness (QED) is 0.538. The third-order valence-electron chi connectivity index (χ3n) is 6.34. The molecule has 8 heteroatoms. The Kier molecular flexibility index (Phi) is 7.02. The van der Waals surface area contributed by atoms with Crippen molar-refractivity contribution < 1.29 is 9.47 Å². The van der Waals surface area contributed by atoms with Crippen LogP contribution in [0.3, 0.4) is 0 Å². The van der Waals surface area contributed by atoms with Crippen LogP contribution in [0.25, 0.3) is 0 Å².